The summed E-state index contributed by atoms with van der Waals surface area (Å²) >= 11 is 6.44. The number of H-pyrrole nitrogens is 1. The summed E-state index contributed by atoms with van der Waals surface area (Å²) in [6.07, 6.45) is 1.15. The zero-order valence-corrected chi connectivity index (χ0v) is 10.8. The van der Waals surface area contributed by atoms with Crippen LogP contribution in [0.3, 0.4) is 0 Å². The molecule has 2 rings (SSSR count). The van der Waals surface area contributed by atoms with Crippen molar-refractivity contribution >= 4 is 28.7 Å². The van der Waals surface area contributed by atoms with Crippen molar-refractivity contribution in [3.8, 4) is 0 Å². The van der Waals surface area contributed by atoms with E-state index in [1.165, 1.54) is 17.9 Å². The summed E-state index contributed by atoms with van der Waals surface area (Å²) in [6.45, 7) is 6.25. The molecule has 16 heavy (non-hydrogen) atoms. The van der Waals surface area contributed by atoms with Gasteiger partial charge in [0.2, 0.25) is 5.13 Å². The van der Waals surface area contributed by atoms with Crippen molar-refractivity contribution in [2.75, 3.05) is 44.7 Å². The second kappa shape index (κ2) is 6.29. The molecule has 1 saturated heterocycles. The minimum atomic E-state index is 0.723. The van der Waals surface area contributed by atoms with E-state index in [9.17, 15) is 0 Å². The van der Waals surface area contributed by atoms with Gasteiger partial charge in [0, 0.05) is 13.0 Å². The van der Waals surface area contributed by atoms with E-state index in [4.69, 9.17) is 17.0 Å². The van der Waals surface area contributed by atoms with Crippen LogP contribution in [0.2, 0.25) is 0 Å². The number of anilines is 1. The molecule has 0 radical (unpaired) electrons. The Hall–Kier alpha value is -0.500. The second-order valence-corrected chi connectivity index (χ2v) is 5.48. The Morgan fingerprint density at radius 2 is 2.31 bits per heavy atom. The highest BCUT2D eigenvalue weighted by molar-refractivity contribution is 7.73. The molecule has 2 heterocycles. The third-order valence-corrected chi connectivity index (χ3v) is 3.67. The summed E-state index contributed by atoms with van der Waals surface area (Å²) in [4.78, 5) is 1.64. The number of quaternary nitrogens is 1. The minimum Gasteiger partial charge on any atom is -0.370 e. The Kier molecular flexibility index (Phi) is 4.70. The van der Waals surface area contributed by atoms with Gasteiger partial charge >= 0.3 is 0 Å². The quantitative estimate of drug-likeness (QED) is 0.512. The molecule has 5 nitrogen and oxygen atoms in total. The first-order valence-electron chi connectivity index (χ1n) is 5.55. The molecule has 1 aromatic rings. The van der Waals surface area contributed by atoms with E-state index in [0.717, 1.165) is 48.4 Å². The fourth-order valence-corrected chi connectivity index (χ4v) is 2.56. The molecule has 0 atom stereocenters. The molecular formula is C9H17N4OS2+. The van der Waals surface area contributed by atoms with Crippen LogP contribution in [0.25, 0.3) is 0 Å². The van der Waals surface area contributed by atoms with Crippen LogP contribution in [0, 0.1) is 3.95 Å². The Balaban J connectivity index is 1.59. The molecule has 1 fully saturated rings. The van der Waals surface area contributed by atoms with Crippen LogP contribution in [0.4, 0.5) is 5.13 Å². The number of morpholine rings is 1. The highest BCUT2D eigenvalue weighted by Gasteiger charge is 2.12. The number of ether oxygens (including phenoxy) is 1. The van der Waals surface area contributed by atoms with Crippen LogP contribution in [-0.2, 0) is 4.74 Å². The maximum absolute atomic E-state index is 5.32. The third-order valence-electron chi connectivity index (χ3n) is 2.62. The van der Waals surface area contributed by atoms with Gasteiger partial charge in [0.1, 0.15) is 13.1 Å². The highest BCUT2D eigenvalue weighted by atomic mass is 32.1. The SMILES string of the molecule is S=c1[nH]nc(NCCC[NH+]2CCOCC2)s1. The number of rotatable bonds is 5. The molecule has 90 valence electrons. The lowest BCUT2D eigenvalue weighted by molar-refractivity contribution is -0.908. The lowest BCUT2D eigenvalue weighted by Gasteiger charge is -2.23. The molecule has 0 aromatic carbocycles. The smallest absolute Gasteiger partial charge is 0.204 e. The van der Waals surface area contributed by atoms with Crippen molar-refractivity contribution in [2.45, 2.75) is 6.42 Å². The van der Waals surface area contributed by atoms with Gasteiger partial charge in [-0.1, -0.05) is 11.3 Å². The van der Waals surface area contributed by atoms with E-state index < -0.39 is 0 Å². The van der Waals surface area contributed by atoms with Crippen molar-refractivity contribution in [1.29, 1.82) is 0 Å². The average molecular weight is 261 g/mol. The van der Waals surface area contributed by atoms with Gasteiger partial charge in [-0.3, -0.25) is 5.10 Å². The summed E-state index contributed by atoms with van der Waals surface area (Å²) in [6, 6.07) is 0. The fraction of sp³-hybridized carbons (Fsp3) is 0.778. The van der Waals surface area contributed by atoms with Gasteiger partial charge in [-0.05, 0) is 12.2 Å². The highest BCUT2D eigenvalue weighted by Crippen LogP contribution is 2.09. The number of aromatic amines is 1. The van der Waals surface area contributed by atoms with Crippen molar-refractivity contribution < 1.29 is 9.64 Å². The van der Waals surface area contributed by atoms with E-state index in [2.05, 4.69) is 15.5 Å². The van der Waals surface area contributed by atoms with Crippen molar-refractivity contribution in [3.63, 3.8) is 0 Å². The summed E-state index contributed by atoms with van der Waals surface area (Å²) < 4.78 is 6.04. The Morgan fingerprint density at radius 1 is 1.50 bits per heavy atom. The van der Waals surface area contributed by atoms with E-state index in [1.54, 1.807) is 4.90 Å². The van der Waals surface area contributed by atoms with Crippen LogP contribution in [0.1, 0.15) is 6.42 Å². The zero-order chi connectivity index (χ0) is 11.2. The van der Waals surface area contributed by atoms with Crippen LogP contribution < -0.4 is 10.2 Å². The fourth-order valence-electron chi connectivity index (χ4n) is 1.75. The number of aromatic nitrogens is 2. The first kappa shape index (κ1) is 12.0. The predicted octanol–water partition coefficient (Wildman–Crippen LogP) is -0.0822. The number of nitrogens with zero attached hydrogens (tertiary/aromatic N) is 1. The molecule has 3 N–H and O–H groups in total. The first-order chi connectivity index (χ1) is 7.84. The molecule has 0 saturated carbocycles. The van der Waals surface area contributed by atoms with Crippen LogP contribution in [0.5, 0.6) is 0 Å². The molecule has 0 aliphatic carbocycles. The van der Waals surface area contributed by atoms with Crippen molar-refractivity contribution in [3.05, 3.63) is 3.95 Å². The monoisotopic (exact) mass is 261 g/mol. The lowest BCUT2D eigenvalue weighted by Crippen LogP contribution is -3.14. The Bertz CT molecular complexity index is 358. The topological polar surface area (TPSA) is 54.4 Å². The Morgan fingerprint density at radius 3 is 3.00 bits per heavy atom. The maximum Gasteiger partial charge on any atom is 0.204 e. The maximum atomic E-state index is 5.32. The van der Waals surface area contributed by atoms with E-state index in [-0.39, 0.29) is 0 Å². The van der Waals surface area contributed by atoms with Gasteiger partial charge in [-0.25, -0.2) is 0 Å². The van der Waals surface area contributed by atoms with Crippen LogP contribution in [-0.4, -0.2) is 49.6 Å². The summed E-state index contributed by atoms with van der Waals surface area (Å²) in [5.41, 5.74) is 0. The molecule has 0 spiro atoms. The largest absolute Gasteiger partial charge is 0.370 e. The average Bonchev–Trinajstić information content (AvgIpc) is 2.72. The number of hydrogen-bond acceptors (Lipinski definition) is 5. The molecular weight excluding hydrogens is 244 g/mol. The van der Waals surface area contributed by atoms with Gasteiger partial charge in [-0.15, -0.1) is 5.10 Å². The molecule has 1 aliphatic heterocycles. The first-order valence-corrected chi connectivity index (χ1v) is 6.78. The summed E-state index contributed by atoms with van der Waals surface area (Å²) in [5, 5.41) is 11.0. The summed E-state index contributed by atoms with van der Waals surface area (Å²) in [5.74, 6) is 0. The van der Waals surface area contributed by atoms with Gasteiger partial charge in [0.15, 0.2) is 3.95 Å². The molecule has 1 aliphatic rings. The second-order valence-electron chi connectivity index (χ2n) is 3.81. The predicted molar refractivity (Wildman–Crippen MR) is 66.8 cm³/mol. The van der Waals surface area contributed by atoms with Crippen molar-refractivity contribution in [1.82, 2.24) is 10.2 Å². The van der Waals surface area contributed by atoms with E-state index >= 15 is 0 Å². The third kappa shape index (κ3) is 3.82. The van der Waals surface area contributed by atoms with Gasteiger partial charge in [0.05, 0.1) is 19.8 Å². The van der Waals surface area contributed by atoms with Crippen LogP contribution >= 0.6 is 23.6 Å². The normalized spacial score (nSPS) is 17.5. The number of nitrogens with one attached hydrogen (secondary N) is 3. The van der Waals surface area contributed by atoms with E-state index in [0.29, 0.717) is 0 Å². The van der Waals surface area contributed by atoms with Gasteiger partial charge in [-0.2, -0.15) is 0 Å². The van der Waals surface area contributed by atoms with E-state index in [1.807, 2.05) is 0 Å². The van der Waals surface area contributed by atoms with Crippen molar-refractivity contribution in [2.24, 2.45) is 0 Å². The standard InChI is InChI=1S/C9H16N4OS2/c15-9-12-11-8(16-9)10-2-1-3-13-4-6-14-7-5-13/h1-7H2,(H,10,11)(H,12,15)/p+1. The lowest BCUT2D eigenvalue weighted by atomic mass is 10.3. The number of hydrogen-bond donors (Lipinski definition) is 3. The minimum absolute atomic E-state index is 0.723. The Labute approximate surface area is 104 Å². The molecule has 0 amide bonds. The van der Waals surface area contributed by atoms with Crippen LogP contribution in [0.15, 0.2) is 0 Å². The molecule has 1 aromatic heterocycles. The molecule has 0 bridgehead atoms. The molecule has 0 unspecified atom stereocenters. The van der Waals surface area contributed by atoms with Gasteiger partial charge in [0.25, 0.3) is 0 Å². The zero-order valence-electron chi connectivity index (χ0n) is 9.12. The van der Waals surface area contributed by atoms with Gasteiger partial charge < -0.3 is 15.0 Å². The summed E-state index contributed by atoms with van der Waals surface area (Å²) in [7, 11) is 0. The molecule has 7 heteroatoms.